The van der Waals surface area contributed by atoms with Crippen molar-refractivity contribution in [2.75, 3.05) is 9.80 Å². The van der Waals surface area contributed by atoms with Crippen LogP contribution < -0.4 is 26.2 Å². The van der Waals surface area contributed by atoms with Crippen LogP contribution in [0.15, 0.2) is 188 Å². The molecule has 0 bridgehead atoms. The maximum absolute atomic E-state index is 2.55. The fourth-order valence-corrected chi connectivity index (χ4v) is 11.5. The van der Waals surface area contributed by atoms with Gasteiger partial charge in [0.2, 0.25) is 0 Å². The van der Waals surface area contributed by atoms with Crippen LogP contribution in [0.2, 0.25) is 0 Å². The zero-order valence-electron chi connectivity index (χ0n) is 31.8. The maximum atomic E-state index is 2.55. The number of fused-ring (bicyclic) bond motifs is 16. The van der Waals surface area contributed by atoms with Gasteiger partial charge in [-0.2, -0.15) is 0 Å². The molecule has 0 spiro atoms. The van der Waals surface area contributed by atoms with Crippen LogP contribution in [0.5, 0.6) is 0 Å². The molecule has 4 aromatic heterocycles. The van der Waals surface area contributed by atoms with Gasteiger partial charge in [0.25, 0.3) is 6.71 Å². The highest BCUT2D eigenvalue weighted by Crippen LogP contribution is 2.48. The fraction of sp³-hybridized carbons (Fsp3) is 0. The van der Waals surface area contributed by atoms with Crippen LogP contribution in [0.3, 0.4) is 0 Å². The van der Waals surface area contributed by atoms with Crippen molar-refractivity contribution in [3.05, 3.63) is 188 Å². The number of rotatable bonds is 2. The maximum Gasteiger partial charge on any atom is 0.252 e. The largest absolute Gasteiger partial charge is 0.311 e. The summed E-state index contributed by atoms with van der Waals surface area (Å²) in [6.07, 6.45) is 0. The van der Waals surface area contributed by atoms with Crippen LogP contribution in [-0.2, 0) is 0 Å². The van der Waals surface area contributed by atoms with Crippen LogP contribution in [0.4, 0.5) is 34.1 Å². The molecule has 59 heavy (non-hydrogen) atoms. The molecule has 13 aromatic rings. The molecule has 0 amide bonds. The molecular weight excluding hydrogens is 715 g/mol. The summed E-state index contributed by atoms with van der Waals surface area (Å²) < 4.78 is 5.07. The van der Waals surface area contributed by atoms with E-state index in [1.54, 1.807) is 0 Å². The highest BCUT2D eigenvalue weighted by molar-refractivity contribution is 7.00. The molecule has 4 nitrogen and oxygen atoms in total. The molecule has 6 heterocycles. The summed E-state index contributed by atoms with van der Waals surface area (Å²) in [5, 5.41) is 10.4. The van der Waals surface area contributed by atoms with E-state index < -0.39 is 0 Å². The number of nitrogens with zero attached hydrogens (tertiary/aromatic N) is 4. The third-order valence-electron chi connectivity index (χ3n) is 13.7. The highest BCUT2D eigenvalue weighted by atomic mass is 15.2. The number of hydrogen-bond donors (Lipinski definition) is 0. The smallest absolute Gasteiger partial charge is 0.252 e. The molecule has 0 saturated carbocycles. The summed E-state index contributed by atoms with van der Waals surface area (Å²) in [5.74, 6) is 0. The fourth-order valence-electron chi connectivity index (χ4n) is 11.5. The van der Waals surface area contributed by atoms with Gasteiger partial charge in [0.15, 0.2) is 0 Å². The molecule has 0 saturated heterocycles. The minimum absolute atomic E-state index is 0.0243. The number of hydrogen-bond acceptors (Lipinski definition) is 2. The van der Waals surface area contributed by atoms with Gasteiger partial charge < -0.3 is 18.6 Å². The van der Waals surface area contributed by atoms with Crippen molar-refractivity contribution in [3.63, 3.8) is 0 Å². The molecule has 9 aromatic carbocycles. The average molecular weight is 747 g/mol. The molecule has 2 aliphatic heterocycles. The van der Waals surface area contributed by atoms with Gasteiger partial charge in [-0.15, -0.1) is 0 Å². The lowest BCUT2D eigenvalue weighted by Crippen LogP contribution is -2.61. The van der Waals surface area contributed by atoms with E-state index in [4.69, 9.17) is 0 Å². The lowest BCUT2D eigenvalue weighted by molar-refractivity contribution is 1.26. The van der Waals surface area contributed by atoms with Crippen molar-refractivity contribution in [2.45, 2.75) is 0 Å². The van der Waals surface area contributed by atoms with Crippen molar-refractivity contribution in [1.82, 2.24) is 8.80 Å². The van der Waals surface area contributed by atoms with Gasteiger partial charge in [0.1, 0.15) is 0 Å². The first-order valence-electron chi connectivity index (χ1n) is 20.6. The molecule has 2 aliphatic rings. The summed E-state index contributed by atoms with van der Waals surface area (Å²) in [6.45, 7) is -0.0243. The zero-order valence-corrected chi connectivity index (χ0v) is 31.8. The summed E-state index contributed by atoms with van der Waals surface area (Å²) in [6, 6.07) is 70.4. The summed E-state index contributed by atoms with van der Waals surface area (Å²) in [5.41, 5.74) is 18.8. The molecule has 270 valence electrons. The Balaban J connectivity index is 1.13. The topological polar surface area (TPSA) is 15.3 Å². The predicted molar refractivity (Wildman–Crippen MR) is 250 cm³/mol. The van der Waals surface area contributed by atoms with Gasteiger partial charge in [-0.05, 0) is 89.2 Å². The third-order valence-corrected chi connectivity index (χ3v) is 13.7. The zero-order chi connectivity index (χ0) is 38.1. The molecule has 15 rings (SSSR count). The summed E-state index contributed by atoms with van der Waals surface area (Å²) in [4.78, 5) is 5.05. The van der Waals surface area contributed by atoms with Gasteiger partial charge in [-0.3, -0.25) is 0 Å². The minimum Gasteiger partial charge on any atom is -0.311 e. The standard InChI is InChI=1S/C54H31BN4/c1-3-14-32(15-4-1)56-46-26-13-27-47-52(46)55(42-30-48-40(28-50(42)56)38-22-11-20-36-34-18-7-9-24-44(34)58(48)53(36)38)43-31-49-41(29-51(43)57(47)33-16-5-2-6-17-33)39-23-12-21-37-35-19-8-10-25-45(35)59(49)54(37)39/h1-31H. The van der Waals surface area contributed by atoms with Crippen LogP contribution in [0.25, 0.3) is 76.2 Å². The molecule has 0 N–H and O–H groups in total. The van der Waals surface area contributed by atoms with Crippen LogP contribution in [0, 0.1) is 0 Å². The van der Waals surface area contributed by atoms with Crippen molar-refractivity contribution in [3.8, 4) is 0 Å². The Morgan fingerprint density at radius 2 is 0.678 bits per heavy atom. The average Bonchev–Trinajstić information content (AvgIpc) is 4.02. The SMILES string of the molecule is c1ccc(N2c3cc4c5cccc6c7ccccc7n(c4cc3B3c4cc7c(cc4N(c4ccccc4)c4cccc2c43)c2cccc3c4ccccc4n7c32)c65)cc1. The molecule has 5 heteroatoms. The van der Waals surface area contributed by atoms with Crippen molar-refractivity contribution in [2.24, 2.45) is 0 Å². The van der Waals surface area contributed by atoms with E-state index in [-0.39, 0.29) is 6.71 Å². The quantitative estimate of drug-likeness (QED) is 0.164. The van der Waals surface area contributed by atoms with Gasteiger partial charge in [0.05, 0.1) is 33.1 Å². The van der Waals surface area contributed by atoms with Crippen molar-refractivity contribution in [1.29, 1.82) is 0 Å². The Bertz CT molecular complexity index is 3670. The number of anilines is 6. The number of para-hydroxylation sites is 6. The molecule has 0 fully saturated rings. The first kappa shape index (κ1) is 30.4. The predicted octanol–water partition coefficient (Wildman–Crippen LogP) is 12.1. The van der Waals surface area contributed by atoms with Crippen LogP contribution >= 0.6 is 0 Å². The minimum atomic E-state index is -0.0243. The Morgan fingerprint density at radius 3 is 1.15 bits per heavy atom. The van der Waals surface area contributed by atoms with E-state index in [9.17, 15) is 0 Å². The Labute approximate surface area is 338 Å². The number of benzene rings is 9. The van der Waals surface area contributed by atoms with Gasteiger partial charge >= 0.3 is 0 Å². The van der Waals surface area contributed by atoms with Gasteiger partial charge in [-0.1, -0.05) is 115 Å². The van der Waals surface area contributed by atoms with E-state index >= 15 is 0 Å². The van der Waals surface area contributed by atoms with E-state index in [1.165, 1.54) is 115 Å². The van der Waals surface area contributed by atoms with E-state index in [1.807, 2.05) is 0 Å². The molecule has 0 aliphatic carbocycles. The highest BCUT2D eigenvalue weighted by Gasteiger charge is 2.44. The lowest BCUT2D eigenvalue weighted by atomic mass is 9.33. The monoisotopic (exact) mass is 746 g/mol. The van der Waals surface area contributed by atoms with E-state index in [2.05, 4.69) is 207 Å². The lowest BCUT2D eigenvalue weighted by Gasteiger charge is -2.44. The molecule has 0 radical (unpaired) electrons. The normalized spacial score (nSPS) is 13.7. The second kappa shape index (κ2) is 10.6. The Morgan fingerprint density at radius 1 is 0.288 bits per heavy atom. The molecular formula is C54H31BN4. The molecule has 0 unspecified atom stereocenters. The van der Waals surface area contributed by atoms with E-state index in [0.717, 1.165) is 11.4 Å². The second-order valence-electron chi connectivity index (χ2n) is 16.4. The van der Waals surface area contributed by atoms with Crippen LogP contribution in [0.1, 0.15) is 0 Å². The Kier molecular flexibility index (Phi) is 5.46. The van der Waals surface area contributed by atoms with Crippen LogP contribution in [-0.4, -0.2) is 15.5 Å². The van der Waals surface area contributed by atoms with E-state index in [0.29, 0.717) is 0 Å². The summed E-state index contributed by atoms with van der Waals surface area (Å²) in [7, 11) is 0. The van der Waals surface area contributed by atoms with Gasteiger partial charge in [0, 0.05) is 77.2 Å². The van der Waals surface area contributed by atoms with Crippen molar-refractivity contribution >= 4 is 133 Å². The molecule has 0 atom stereocenters. The summed E-state index contributed by atoms with van der Waals surface area (Å²) >= 11 is 0. The first-order chi connectivity index (χ1) is 29.3. The second-order valence-corrected chi connectivity index (χ2v) is 16.4. The third kappa shape index (κ3) is 3.60. The van der Waals surface area contributed by atoms with Gasteiger partial charge in [-0.25, -0.2) is 0 Å². The number of aromatic nitrogens is 2. The first-order valence-corrected chi connectivity index (χ1v) is 20.6. The van der Waals surface area contributed by atoms with Crippen molar-refractivity contribution < 1.29 is 0 Å². The Hall–Kier alpha value is -7.76.